The van der Waals surface area contributed by atoms with E-state index in [0.29, 0.717) is 6.42 Å². The molecule has 1 unspecified atom stereocenters. The Morgan fingerprint density at radius 1 is 1.05 bits per heavy atom. The Morgan fingerprint density at radius 3 is 2.38 bits per heavy atom. The highest BCUT2D eigenvalue weighted by Gasteiger charge is 2.14. The number of aliphatic hydroxyl groups is 1. The van der Waals surface area contributed by atoms with Gasteiger partial charge >= 0.3 is 0 Å². The summed E-state index contributed by atoms with van der Waals surface area (Å²) >= 11 is 3.46. The lowest BCUT2D eigenvalue weighted by Gasteiger charge is -2.16. The van der Waals surface area contributed by atoms with Gasteiger partial charge in [0.15, 0.2) is 0 Å². The maximum Gasteiger partial charge on any atom is 0.133 e. The molecule has 0 aliphatic carbocycles. The van der Waals surface area contributed by atoms with Crippen LogP contribution in [0.3, 0.4) is 0 Å². The minimum Gasteiger partial charge on any atom is -0.496 e. The lowest BCUT2D eigenvalue weighted by atomic mass is 9.99. The van der Waals surface area contributed by atoms with E-state index in [9.17, 15) is 5.11 Å². The van der Waals surface area contributed by atoms with E-state index < -0.39 is 6.10 Å². The Labute approximate surface area is 133 Å². The van der Waals surface area contributed by atoms with Crippen molar-refractivity contribution in [1.82, 2.24) is 0 Å². The van der Waals surface area contributed by atoms with Crippen molar-refractivity contribution >= 4 is 15.9 Å². The fraction of sp³-hybridized carbons (Fsp3) is 0.294. The lowest BCUT2D eigenvalue weighted by Crippen LogP contribution is -2.04. The van der Waals surface area contributed by atoms with E-state index in [4.69, 9.17) is 9.47 Å². The van der Waals surface area contributed by atoms with E-state index in [2.05, 4.69) is 15.9 Å². The molecule has 3 nitrogen and oxygen atoms in total. The minimum atomic E-state index is -0.610. The van der Waals surface area contributed by atoms with Crippen molar-refractivity contribution in [3.63, 3.8) is 0 Å². The Morgan fingerprint density at radius 2 is 1.76 bits per heavy atom. The lowest BCUT2D eigenvalue weighted by molar-refractivity contribution is 0.174. The van der Waals surface area contributed by atoms with Gasteiger partial charge in [0.05, 0.1) is 24.8 Å². The van der Waals surface area contributed by atoms with Gasteiger partial charge < -0.3 is 14.6 Å². The van der Waals surface area contributed by atoms with E-state index in [1.807, 2.05) is 43.3 Å². The molecule has 112 valence electrons. The Balaban J connectivity index is 2.21. The van der Waals surface area contributed by atoms with Crippen LogP contribution in [0.1, 0.15) is 22.8 Å². The third-order valence-electron chi connectivity index (χ3n) is 3.39. The number of rotatable bonds is 5. The van der Waals surface area contributed by atoms with Crippen molar-refractivity contribution in [3.8, 4) is 11.5 Å². The van der Waals surface area contributed by atoms with Crippen LogP contribution in [0.15, 0.2) is 40.9 Å². The van der Waals surface area contributed by atoms with Crippen LogP contribution in [-0.2, 0) is 6.42 Å². The highest BCUT2D eigenvalue weighted by atomic mass is 79.9. The molecule has 4 heteroatoms. The summed E-state index contributed by atoms with van der Waals surface area (Å²) in [6.07, 6.45) is -0.0944. The monoisotopic (exact) mass is 350 g/mol. The first-order valence-corrected chi connectivity index (χ1v) is 7.49. The zero-order chi connectivity index (χ0) is 15.4. The molecule has 0 aromatic heterocycles. The molecule has 0 aliphatic heterocycles. The van der Waals surface area contributed by atoms with Gasteiger partial charge in [-0.1, -0.05) is 18.2 Å². The number of ether oxygens (including phenoxy) is 2. The number of aryl methyl sites for hydroxylation is 1. The normalized spacial score (nSPS) is 12.0. The summed E-state index contributed by atoms with van der Waals surface area (Å²) in [6.45, 7) is 2.00. The van der Waals surface area contributed by atoms with Crippen molar-refractivity contribution in [2.75, 3.05) is 14.2 Å². The van der Waals surface area contributed by atoms with Crippen molar-refractivity contribution in [2.24, 2.45) is 0 Å². The number of hydrogen-bond acceptors (Lipinski definition) is 3. The third kappa shape index (κ3) is 3.77. The SMILES string of the molecule is COc1ccc(CC(O)c2ccc(C)cc2OC)cc1Br. The molecular weight excluding hydrogens is 332 g/mol. The molecule has 0 saturated heterocycles. The molecule has 0 heterocycles. The molecule has 0 aliphatic rings. The van der Waals surface area contributed by atoms with Crippen LogP contribution >= 0.6 is 15.9 Å². The summed E-state index contributed by atoms with van der Waals surface area (Å²) in [4.78, 5) is 0. The van der Waals surface area contributed by atoms with Crippen LogP contribution in [0.4, 0.5) is 0 Å². The van der Waals surface area contributed by atoms with Gasteiger partial charge in [-0.3, -0.25) is 0 Å². The van der Waals surface area contributed by atoms with Gasteiger partial charge in [-0.25, -0.2) is 0 Å². The van der Waals surface area contributed by atoms with Crippen LogP contribution in [0, 0.1) is 6.92 Å². The zero-order valence-corrected chi connectivity index (χ0v) is 14.0. The molecule has 0 amide bonds. The number of aliphatic hydroxyl groups excluding tert-OH is 1. The number of hydrogen-bond donors (Lipinski definition) is 1. The molecular formula is C17H19BrO3. The fourth-order valence-corrected chi connectivity index (χ4v) is 2.85. The van der Waals surface area contributed by atoms with Crippen LogP contribution < -0.4 is 9.47 Å². The highest BCUT2D eigenvalue weighted by molar-refractivity contribution is 9.10. The van der Waals surface area contributed by atoms with Crippen LogP contribution in [-0.4, -0.2) is 19.3 Å². The zero-order valence-electron chi connectivity index (χ0n) is 12.4. The second-order valence-corrected chi connectivity index (χ2v) is 5.79. The summed E-state index contributed by atoms with van der Waals surface area (Å²) in [5, 5.41) is 10.5. The van der Waals surface area contributed by atoms with Crippen LogP contribution in [0.2, 0.25) is 0 Å². The van der Waals surface area contributed by atoms with Crippen LogP contribution in [0.25, 0.3) is 0 Å². The summed E-state index contributed by atoms with van der Waals surface area (Å²) < 4.78 is 11.4. The molecule has 1 atom stereocenters. The Kier molecular flexibility index (Phi) is 5.26. The van der Waals surface area contributed by atoms with Crippen LogP contribution in [0.5, 0.6) is 11.5 Å². The smallest absolute Gasteiger partial charge is 0.133 e. The first kappa shape index (κ1) is 15.9. The maximum atomic E-state index is 10.5. The molecule has 0 spiro atoms. The predicted octanol–water partition coefficient (Wildman–Crippen LogP) is 4.05. The number of methoxy groups -OCH3 is 2. The van der Waals surface area contributed by atoms with Crippen molar-refractivity contribution in [1.29, 1.82) is 0 Å². The summed E-state index contributed by atoms with van der Waals surface area (Å²) in [6, 6.07) is 11.6. The topological polar surface area (TPSA) is 38.7 Å². The summed E-state index contributed by atoms with van der Waals surface area (Å²) in [7, 11) is 3.25. The molecule has 0 bridgehead atoms. The van der Waals surface area contributed by atoms with Crippen molar-refractivity contribution in [3.05, 3.63) is 57.6 Å². The summed E-state index contributed by atoms with van der Waals surface area (Å²) in [5.74, 6) is 1.50. The van der Waals surface area contributed by atoms with Gasteiger partial charge in [-0.2, -0.15) is 0 Å². The van der Waals surface area contributed by atoms with E-state index >= 15 is 0 Å². The van der Waals surface area contributed by atoms with Gasteiger partial charge in [0.1, 0.15) is 11.5 Å². The quantitative estimate of drug-likeness (QED) is 0.883. The molecule has 2 rings (SSSR count). The molecule has 0 fully saturated rings. The standard InChI is InChI=1S/C17H19BrO3/c1-11-4-6-13(17(8-11)21-3)15(19)10-12-5-7-16(20-2)14(18)9-12/h4-9,15,19H,10H2,1-3H3. The Bertz CT molecular complexity index is 625. The van der Waals surface area contributed by atoms with Crippen molar-refractivity contribution < 1.29 is 14.6 Å². The average Bonchev–Trinajstić information content (AvgIpc) is 2.47. The molecule has 2 aromatic rings. The van der Waals surface area contributed by atoms with E-state index in [0.717, 1.165) is 32.7 Å². The molecule has 0 saturated carbocycles. The largest absolute Gasteiger partial charge is 0.496 e. The average molecular weight is 351 g/mol. The number of halogens is 1. The molecule has 1 N–H and O–H groups in total. The fourth-order valence-electron chi connectivity index (χ4n) is 2.26. The predicted molar refractivity (Wildman–Crippen MR) is 87.1 cm³/mol. The maximum absolute atomic E-state index is 10.5. The molecule has 21 heavy (non-hydrogen) atoms. The molecule has 0 radical (unpaired) electrons. The number of benzene rings is 2. The van der Waals surface area contributed by atoms with E-state index in [1.54, 1.807) is 14.2 Å². The van der Waals surface area contributed by atoms with E-state index in [-0.39, 0.29) is 0 Å². The molecule has 2 aromatic carbocycles. The van der Waals surface area contributed by atoms with Gasteiger partial charge in [0.25, 0.3) is 0 Å². The first-order chi connectivity index (χ1) is 10.0. The second kappa shape index (κ2) is 6.96. The highest BCUT2D eigenvalue weighted by Crippen LogP contribution is 2.31. The van der Waals surface area contributed by atoms with Gasteiger partial charge in [0, 0.05) is 12.0 Å². The van der Waals surface area contributed by atoms with Gasteiger partial charge in [-0.05, 0) is 52.2 Å². The van der Waals surface area contributed by atoms with E-state index in [1.165, 1.54) is 0 Å². The Hall–Kier alpha value is -1.52. The van der Waals surface area contributed by atoms with Gasteiger partial charge in [0.2, 0.25) is 0 Å². The second-order valence-electron chi connectivity index (χ2n) is 4.93. The summed E-state index contributed by atoms with van der Waals surface area (Å²) in [5.41, 5.74) is 2.93. The van der Waals surface area contributed by atoms with Crippen molar-refractivity contribution in [2.45, 2.75) is 19.4 Å². The third-order valence-corrected chi connectivity index (χ3v) is 4.01. The van der Waals surface area contributed by atoms with Gasteiger partial charge in [-0.15, -0.1) is 0 Å². The first-order valence-electron chi connectivity index (χ1n) is 6.70. The minimum absolute atomic E-state index is 0.516.